The topological polar surface area (TPSA) is 61.7 Å². The van der Waals surface area contributed by atoms with Gasteiger partial charge in [-0.1, -0.05) is 6.07 Å². The number of nitrogens with one attached hydrogen (secondary N) is 1. The molecule has 0 saturated heterocycles. The highest BCUT2D eigenvalue weighted by Gasteiger charge is 2.08. The second kappa shape index (κ2) is 7.97. The van der Waals surface area contributed by atoms with Crippen molar-refractivity contribution in [1.82, 2.24) is 0 Å². The molecule has 0 spiro atoms. The maximum atomic E-state index is 13.3. The molecular formula is C15H18FNO3S. The quantitative estimate of drug-likeness (QED) is 0.700. The van der Waals surface area contributed by atoms with Gasteiger partial charge in [0.05, 0.1) is 25.0 Å². The molecule has 0 saturated carbocycles. The average Bonchev–Trinajstić information content (AvgIpc) is 3.00. The Bertz CT molecular complexity index is 548. The molecule has 1 unspecified atom stereocenters. The van der Waals surface area contributed by atoms with Crippen molar-refractivity contribution < 1.29 is 19.3 Å². The third-order valence-electron chi connectivity index (χ3n) is 2.87. The highest BCUT2D eigenvalue weighted by molar-refractivity contribution is 7.09. The van der Waals surface area contributed by atoms with Crippen LogP contribution < -0.4 is 10.1 Å². The summed E-state index contributed by atoms with van der Waals surface area (Å²) in [7, 11) is 0. The van der Waals surface area contributed by atoms with Crippen molar-refractivity contribution in [3.63, 3.8) is 0 Å². The number of benzene rings is 1. The zero-order valence-corrected chi connectivity index (χ0v) is 12.3. The highest BCUT2D eigenvalue weighted by Crippen LogP contribution is 2.25. The Hall–Kier alpha value is -1.63. The fraction of sp³-hybridized carbons (Fsp3) is 0.333. The van der Waals surface area contributed by atoms with Crippen LogP contribution in [0.25, 0.3) is 0 Å². The third kappa shape index (κ3) is 5.00. The van der Waals surface area contributed by atoms with Crippen LogP contribution in [0, 0.1) is 5.82 Å². The summed E-state index contributed by atoms with van der Waals surface area (Å²) in [6.07, 6.45) is -0.111. The van der Waals surface area contributed by atoms with Crippen LogP contribution in [0.4, 0.5) is 10.1 Å². The van der Waals surface area contributed by atoms with Gasteiger partial charge in [0.2, 0.25) is 0 Å². The minimum absolute atomic E-state index is 0.126. The van der Waals surface area contributed by atoms with Gasteiger partial charge in [0.25, 0.3) is 0 Å². The van der Waals surface area contributed by atoms with Crippen molar-refractivity contribution in [3.8, 4) is 5.75 Å². The highest BCUT2D eigenvalue weighted by atomic mass is 32.1. The van der Waals surface area contributed by atoms with Crippen molar-refractivity contribution in [1.29, 1.82) is 0 Å². The molecule has 0 bridgehead atoms. The molecule has 1 aromatic heterocycles. The van der Waals surface area contributed by atoms with Gasteiger partial charge in [0.15, 0.2) is 0 Å². The van der Waals surface area contributed by atoms with E-state index in [1.807, 2.05) is 17.5 Å². The number of hydrogen-bond acceptors (Lipinski definition) is 5. The first-order valence-electron chi connectivity index (χ1n) is 6.66. The van der Waals surface area contributed by atoms with E-state index in [0.717, 1.165) is 6.42 Å². The molecule has 4 nitrogen and oxygen atoms in total. The van der Waals surface area contributed by atoms with Gasteiger partial charge in [-0.25, -0.2) is 4.39 Å². The number of ether oxygens (including phenoxy) is 1. The van der Waals surface area contributed by atoms with Gasteiger partial charge in [-0.3, -0.25) is 0 Å². The summed E-state index contributed by atoms with van der Waals surface area (Å²) < 4.78 is 19.0. The molecule has 1 atom stereocenters. The van der Waals surface area contributed by atoms with Gasteiger partial charge in [0.1, 0.15) is 11.6 Å². The van der Waals surface area contributed by atoms with E-state index in [0.29, 0.717) is 18.0 Å². The van der Waals surface area contributed by atoms with Crippen LogP contribution in [0.15, 0.2) is 35.7 Å². The van der Waals surface area contributed by atoms with Gasteiger partial charge in [-0.2, -0.15) is 0 Å². The third-order valence-corrected chi connectivity index (χ3v) is 3.80. The fourth-order valence-corrected chi connectivity index (χ4v) is 2.47. The van der Waals surface area contributed by atoms with Crippen LogP contribution in [0.5, 0.6) is 5.75 Å². The van der Waals surface area contributed by atoms with E-state index in [9.17, 15) is 9.50 Å². The van der Waals surface area contributed by atoms with Gasteiger partial charge >= 0.3 is 0 Å². The molecule has 1 aromatic carbocycles. The lowest BCUT2D eigenvalue weighted by molar-refractivity contribution is 0.105. The van der Waals surface area contributed by atoms with Gasteiger partial charge in [-0.15, -0.1) is 11.3 Å². The van der Waals surface area contributed by atoms with Crippen molar-refractivity contribution >= 4 is 17.0 Å². The Balaban J connectivity index is 1.94. The summed E-state index contributed by atoms with van der Waals surface area (Å²) in [5, 5.41) is 23.0. The van der Waals surface area contributed by atoms with Crippen molar-refractivity contribution in [2.45, 2.75) is 12.5 Å². The number of hydrogen-bond donors (Lipinski definition) is 3. The molecule has 0 fully saturated rings. The molecule has 6 heteroatoms. The molecule has 0 amide bonds. The standard InChI is InChI=1S/C15H18FNO3S/c16-11-3-4-15(14(8-11)17-9-12(19)10-18)20-6-5-13-2-1-7-21-13/h1-4,7-8,12,17-19H,5-6,9-10H2. The van der Waals surface area contributed by atoms with Crippen molar-refractivity contribution in [2.24, 2.45) is 0 Å². The molecular weight excluding hydrogens is 293 g/mol. The van der Waals surface area contributed by atoms with Gasteiger partial charge in [0, 0.05) is 23.9 Å². The zero-order chi connectivity index (χ0) is 15.1. The Morgan fingerprint density at radius 3 is 2.90 bits per heavy atom. The summed E-state index contributed by atoms with van der Waals surface area (Å²) >= 11 is 1.67. The Kier molecular flexibility index (Phi) is 5.98. The first kappa shape index (κ1) is 15.8. The fourth-order valence-electron chi connectivity index (χ4n) is 1.77. The van der Waals surface area contributed by atoms with Crippen LogP contribution in [0.3, 0.4) is 0 Å². The molecule has 114 valence electrons. The van der Waals surface area contributed by atoms with Crippen molar-refractivity contribution in [2.75, 3.05) is 25.1 Å². The number of aliphatic hydroxyl groups excluding tert-OH is 2. The summed E-state index contributed by atoms with van der Waals surface area (Å²) in [5.41, 5.74) is 0.466. The SMILES string of the molecule is OCC(O)CNc1cc(F)ccc1OCCc1cccs1. The summed E-state index contributed by atoms with van der Waals surface area (Å²) in [6.45, 7) is 0.265. The minimum Gasteiger partial charge on any atom is -0.491 e. The first-order valence-corrected chi connectivity index (χ1v) is 7.54. The van der Waals surface area contributed by atoms with E-state index in [1.54, 1.807) is 17.4 Å². The predicted molar refractivity (Wildman–Crippen MR) is 81.5 cm³/mol. The molecule has 3 N–H and O–H groups in total. The van der Waals surface area contributed by atoms with E-state index in [2.05, 4.69) is 5.32 Å². The molecule has 21 heavy (non-hydrogen) atoms. The van der Waals surface area contributed by atoms with Gasteiger partial charge < -0.3 is 20.3 Å². The van der Waals surface area contributed by atoms with E-state index in [-0.39, 0.29) is 19.0 Å². The summed E-state index contributed by atoms with van der Waals surface area (Å²) in [5.74, 6) is 0.139. The van der Waals surface area contributed by atoms with Crippen LogP contribution in [0.1, 0.15) is 4.88 Å². The predicted octanol–water partition coefficient (Wildman–Crippen LogP) is 2.27. The summed E-state index contributed by atoms with van der Waals surface area (Å²) in [6, 6.07) is 8.22. The number of rotatable bonds is 8. The van der Waals surface area contributed by atoms with E-state index in [1.165, 1.54) is 17.0 Å². The van der Waals surface area contributed by atoms with Crippen LogP contribution in [0.2, 0.25) is 0 Å². The lowest BCUT2D eigenvalue weighted by Gasteiger charge is -2.15. The lowest BCUT2D eigenvalue weighted by Crippen LogP contribution is -2.23. The Morgan fingerprint density at radius 1 is 1.33 bits per heavy atom. The summed E-state index contributed by atoms with van der Waals surface area (Å²) in [4.78, 5) is 1.22. The molecule has 0 aliphatic heterocycles. The van der Waals surface area contributed by atoms with Crippen LogP contribution in [-0.2, 0) is 6.42 Å². The first-order chi connectivity index (χ1) is 10.2. The monoisotopic (exact) mass is 311 g/mol. The number of thiophene rings is 1. The average molecular weight is 311 g/mol. The lowest BCUT2D eigenvalue weighted by atomic mass is 10.2. The van der Waals surface area contributed by atoms with E-state index in [4.69, 9.17) is 9.84 Å². The molecule has 0 aliphatic carbocycles. The molecule has 2 aromatic rings. The molecule has 0 aliphatic rings. The minimum atomic E-state index is -0.896. The Morgan fingerprint density at radius 2 is 2.19 bits per heavy atom. The second-order valence-electron chi connectivity index (χ2n) is 4.54. The zero-order valence-electron chi connectivity index (χ0n) is 11.5. The maximum absolute atomic E-state index is 13.3. The second-order valence-corrected chi connectivity index (χ2v) is 5.57. The largest absolute Gasteiger partial charge is 0.491 e. The smallest absolute Gasteiger partial charge is 0.142 e. The molecule has 1 heterocycles. The van der Waals surface area contributed by atoms with Crippen LogP contribution in [-0.4, -0.2) is 36.1 Å². The molecule has 2 rings (SSSR count). The van der Waals surface area contributed by atoms with E-state index >= 15 is 0 Å². The number of halogens is 1. The van der Waals surface area contributed by atoms with Crippen molar-refractivity contribution in [3.05, 3.63) is 46.4 Å². The maximum Gasteiger partial charge on any atom is 0.142 e. The number of anilines is 1. The van der Waals surface area contributed by atoms with E-state index < -0.39 is 6.10 Å². The number of aliphatic hydroxyl groups is 2. The Labute approximate surface area is 126 Å². The van der Waals surface area contributed by atoms with Gasteiger partial charge in [-0.05, 0) is 23.6 Å². The molecule has 0 radical (unpaired) electrons. The van der Waals surface area contributed by atoms with Crippen LogP contribution >= 0.6 is 11.3 Å². The normalized spacial score (nSPS) is 12.1.